The normalized spacial score (nSPS) is 16.4. The van der Waals surface area contributed by atoms with Gasteiger partial charge in [0.1, 0.15) is 16.5 Å². The molecule has 0 atom stereocenters. The van der Waals surface area contributed by atoms with E-state index in [0.29, 0.717) is 24.2 Å². The summed E-state index contributed by atoms with van der Waals surface area (Å²) in [5, 5.41) is 0.601. The van der Waals surface area contributed by atoms with Crippen molar-refractivity contribution in [3.05, 3.63) is 59.1 Å². The highest BCUT2D eigenvalue weighted by Crippen LogP contribution is 2.24. The summed E-state index contributed by atoms with van der Waals surface area (Å²) in [6.07, 6.45) is 0. The second kappa shape index (κ2) is 6.66. The van der Waals surface area contributed by atoms with Crippen molar-refractivity contribution in [3.63, 3.8) is 0 Å². The second-order valence-electron chi connectivity index (χ2n) is 5.45. The molecule has 0 N–H and O–H groups in total. The minimum Gasteiger partial charge on any atom is -0.369 e. The van der Waals surface area contributed by atoms with E-state index in [4.69, 9.17) is 11.6 Å². The number of sulfonamides is 1. The summed E-state index contributed by atoms with van der Waals surface area (Å²) in [6.45, 7) is 1.25. The molecule has 1 saturated heterocycles. The quantitative estimate of drug-likeness (QED) is 0.831. The van der Waals surface area contributed by atoms with Crippen LogP contribution in [0.2, 0.25) is 5.02 Å². The maximum Gasteiger partial charge on any atom is 0.246 e. The van der Waals surface area contributed by atoms with E-state index in [1.807, 2.05) is 17.0 Å². The average molecular weight is 373 g/mol. The number of rotatable bonds is 3. The molecule has 8 heteroatoms. The van der Waals surface area contributed by atoms with Crippen molar-refractivity contribution in [3.8, 4) is 0 Å². The van der Waals surface area contributed by atoms with Gasteiger partial charge in [-0.1, -0.05) is 17.7 Å². The molecule has 1 aliphatic heterocycles. The summed E-state index contributed by atoms with van der Waals surface area (Å²) < 4.78 is 53.4. The first-order chi connectivity index (χ1) is 11.4. The van der Waals surface area contributed by atoms with Crippen LogP contribution in [0.15, 0.2) is 47.4 Å². The lowest BCUT2D eigenvalue weighted by molar-refractivity contribution is 0.382. The van der Waals surface area contributed by atoms with Crippen molar-refractivity contribution < 1.29 is 17.2 Å². The fourth-order valence-corrected chi connectivity index (χ4v) is 4.36. The number of halogens is 3. The molecule has 24 heavy (non-hydrogen) atoms. The third kappa shape index (κ3) is 3.38. The van der Waals surface area contributed by atoms with Gasteiger partial charge in [-0.05, 0) is 36.4 Å². The smallest absolute Gasteiger partial charge is 0.246 e. The van der Waals surface area contributed by atoms with Gasteiger partial charge in [0.2, 0.25) is 10.0 Å². The Morgan fingerprint density at radius 3 is 2.33 bits per heavy atom. The number of anilines is 1. The van der Waals surface area contributed by atoms with Gasteiger partial charge < -0.3 is 4.90 Å². The largest absolute Gasteiger partial charge is 0.369 e. The van der Waals surface area contributed by atoms with E-state index in [1.54, 1.807) is 12.1 Å². The average Bonchev–Trinajstić information content (AvgIpc) is 2.57. The first kappa shape index (κ1) is 17.1. The molecule has 0 aromatic heterocycles. The number of benzene rings is 2. The Bertz CT molecular complexity index is 853. The zero-order chi connectivity index (χ0) is 17.3. The Labute approximate surface area is 144 Å². The van der Waals surface area contributed by atoms with Crippen LogP contribution in [0.25, 0.3) is 0 Å². The fraction of sp³-hybridized carbons (Fsp3) is 0.250. The minimum absolute atomic E-state index is 0.185. The van der Waals surface area contributed by atoms with E-state index in [0.717, 1.165) is 17.8 Å². The van der Waals surface area contributed by atoms with Crippen molar-refractivity contribution in [2.45, 2.75) is 4.90 Å². The van der Waals surface area contributed by atoms with Gasteiger partial charge in [0.05, 0.1) is 0 Å². The van der Waals surface area contributed by atoms with Crippen molar-refractivity contribution in [2.24, 2.45) is 0 Å². The maximum atomic E-state index is 13.8. The van der Waals surface area contributed by atoms with Gasteiger partial charge in [-0.15, -0.1) is 0 Å². The lowest BCUT2D eigenvalue weighted by Crippen LogP contribution is -2.48. The summed E-state index contributed by atoms with van der Waals surface area (Å²) in [7, 11) is -4.06. The third-order valence-electron chi connectivity index (χ3n) is 3.92. The predicted octanol–water partition coefficient (Wildman–Crippen LogP) is 3.13. The molecule has 4 nitrogen and oxygen atoms in total. The molecule has 3 rings (SSSR count). The third-order valence-corrected chi connectivity index (χ3v) is 6.07. The van der Waals surface area contributed by atoms with E-state index < -0.39 is 26.6 Å². The molecule has 1 aliphatic rings. The highest BCUT2D eigenvalue weighted by atomic mass is 35.5. The molecule has 0 bridgehead atoms. The molecular formula is C16H15ClF2N2O2S. The van der Waals surface area contributed by atoms with Crippen molar-refractivity contribution >= 4 is 27.3 Å². The fourth-order valence-electron chi connectivity index (χ4n) is 2.67. The first-order valence-electron chi connectivity index (χ1n) is 7.33. The predicted molar refractivity (Wildman–Crippen MR) is 88.8 cm³/mol. The Morgan fingerprint density at radius 1 is 0.958 bits per heavy atom. The van der Waals surface area contributed by atoms with Gasteiger partial charge in [-0.3, -0.25) is 0 Å². The Kier molecular flexibility index (Phi) is 4.76. The van der Waals surface area contributed by atoms with Crippen LogP contribution in [0.3, 0.4) is 0 Å². The monoisotopic (exact) mass is 372 g/mol. The molecule has 2 aromatic carbocycles. The van der Waals surface area contributed by atoms with Crippen LogP contribution in [0.1, 0.15) is 0 Å². The van der Waals surface area contributed by atoms with Gasteiger partial charge >= 0.3 is 0 Å². The van der Waals surface area contributed by atoms with Crippen molar-refractivity contribution in [1.82, 2.24) is 4.31 Å². The Hall–Kier alpha value is -1.70. The molecule has 0 spiro atoms. The number of nitrogens with zero attached hydrogens (tertiary/aromatic N) is 2. The number of hydrogen-bond donors (Lipinski definition) is 0. The van der Waals surface area contributed by atoms with Crippen LogP contribution in [-0.2, 0) is 10.0 Å². The first-order valence-corrected chi connectivity index (χ1v) is 9.15. The van der Waals surface area contributed by atoms with Crippen molar-refractivity contribution in [1.29, 1.82) is 0 Å². The summed E-state index contributed by atoms with van der Waals surface area (Å²) >= 11 is 5.97. The SMILES string of the molecule is O=S(=O)(c1cc(F)ccc1F)N1CCN(c2cccc(Cl)c2)CC1. The Balaban J connectivity index is 1.77. The van der Waals surface area contributed by atoms with Gasteiger partial charge in [0, 0.05) is 36.9 Å². The molecule has 1 fully saturated rings. The lowest BCUT2D eigenvalue weighted by Gasteiger charge is -2.35. The van der Waals surface area contributed by atoms with Crippen LogP contribution < -0.4 is 4.90 Å². The number of piperazine rings is 1. The molecule has 0 amide bonds. The summed E-state index contributed by atoms with van der Waals surface area (Å²) in [6, 6.07) is 9.71. The van der Waals surface area contributed by atoms with Crippen LogP contribution >= 0.6 is 11.6 Å². The topological polar surface area (TPSA) is 40.6 Å². The summed E-state index contributed by atoms with van der Waals surface area (Å²) in [5.41, 5.74) is 0.900. The van der Waals surface area contributed by atoms with Crippen LogP contribution in [0.5, 0.6) is 0 Å². The Morgan fingerprint density at radius 2 is 1.67 bits per heavy atom. The summed E-state index contributed by atoms with van der Waals surface area (Å²) in [4.78, 5) is 1.37. The highest BCUT2D eigenvalue weighted by molar-refractivity contribution is 7.89. The molecular weight excluding hydrogens is 358 g/mol. The van der Waals surface area contributed by atoms with E-state index in [1.165, 1.54) is 4.31 Å². The molecule has 0 aliphatic carbocycles. The van der Waals surface area contributed by atoms with Crippen LogP contribution in [0, 0.1) is 11.6 Å². The highest BCUT2D eigenvalue weighted by Gasteiger charge is 2.31. The molecule has 128 valence electrons. The molecule has 0 unspecified atom stereocenters. The molecule has 1 heterocycles. The zero-order valence-electron chi connectivity index (χ0n) is 12.6. The van der Waals surface area contributed by atoms with Crippen LogP contribution in [-0.4, -0.2) is 38.9 Å². The standard InChI is InChI=1S/C16H15ClF2N2O2S/c17-12-2-1-3-14(10-12)20-6-8-21(9-7-20)24(22,23)16-11-13(18)4-5-15(16)19/h1-5,10-11H,6-9H2. The van der Waals surface area contributed by atoms with Gasteiger partial charge in [0.15, 0.2) is 0 Å². The zero-order valence-corrected chi connectivity index (χ0v) is 14.2. The minimum atomic E-state index is -4.06. The van der Waals surface area contributed by atoms with Crippen LogP contribution in [0.4, 0.5) is 14.5 Å². The van der Waals surface area contributed by atoms with Gasteiger partial charge in [-0.2, -0.15) is 4.31 Å². The van der Waals surface area contributed by atoms with E-state index in [2.05, 4.69) is 0 Å². The molecule has 2 aromatic rings. The molecule has 0 radical (unpaired) electrons. The lowest BCUT2D eigenvalue weighted by atomic mass is 10.2. The summed E-state index contributed by atoms with van der Waals surface area (Å²) in [5.74, 6) is -1.73. The number of hydrogen-bond acceptors (Lipinski definition) is 3. The molecule has 0 saturated carbocycles. The van der Waals surface area contributed by atoms with Gasteiger partial charge in [-0.25, -0.2) is 17.2 Å². The van der Waals surface area contributed by atoms with Crippen molar-refractivity contribution in [2.75, 3.05) is 31.1 Å². The van der Waals surface area contributed by atoms with E-state index in [9.17, 15) is 17.2 Å². The van der Waals surface area contributed by atoms with E-state index in [-0.39, 0.29) is 13.1 Å². The maximum absolute atomic E-state index is 13.8. The van der Waals surface area contributed by atoms with E-state index >= 15 is 0 Å². The van der Waals surface area contributed by atoms with Gasteiger partial charge in [0.25, 0.3) is 0 Å². The second-order valence-corrected chi connectivity index (χ2v) is 7.79.